The molecule has 1 aliphatic rings. The standard InChI is InChI=1S/C22H29N3O5/c1-3-29-21(26)16-6-7-19-17(14-16)20(18(15-24-19)22(27)30-4-2)23-8-5-9-25-10-12-28-13-11-25/h6-7,14-15H,3-5,8-13H2,1-2H3,(H,23,24)/p+2. The summed E-state index contributed by atoms with van der Waals surface area (Å²) < 4.78 is 15.8. The second-order valence-electron chi connectivity index (χ2n) is 7.17. The van der Waals surface area contributed by atoms with Crippen LogP contribution in [0, 0.1) is 0 Å². The van der Waals surface area contributed by atoms with Gasteiger partial charge in [0.2, 0.25) is 5.52 Å². The average molecular weight is 418 g/mol. The van der Waals surface area contributed by atoms with Crippen molar-refractivity contribution in [2.75, 3.05) is 57.9 Å². The van der Waals surface area contributed by atoms with Gasteiger partial charge in [0.1, 0.15) is 18.7 Å². The molecule has 1 fully saturated rings. The molecule has 0 bridgehead atoms. The Morgan fingerprint density at radius 3 is 2.60 bits per heavy atom. The number of nitrogens with one attached hydrogen (secondary N) is 3. The summed E-state index contributed by atoms with van der Waals surface area (Å²) in [6.07, 6.45) is 2.61. The lowest BCUT2D eigenvalue weighted by molar-refractivity contribution is -0.908. The minimum Gasteiger partial charge on any atom is -0.462 e. The number of benzene rings is 1. The third-order valence-corrected chi connectivity index (χ3v) is 5.15. The molecule has 1 aromatic carbocycles. The maximum Gasteiger partial charge on any atom is 0.346 e. The molecule has 1 aliphatic heterocycles. The molecule has 0 atom stereocenters. The lowest BCUT2D eigenvalue weighted by Gasteiger charge is -2.23. The van der Waals surface area contributed by atoms with E-state index in [1.165, 1.54) is 4.90 Å². The van der Waals surface area contributed by atoms with E-state index in [2.05, 4.69) is 10.3 Å². The SMILES string of the molecule is CCOC(=O)c1ccc2[nH+]cc(C(=O)OCC)c(NCCC[NH+]3CCOCC3)c2c1. The highest BCUT2D eigenvalue weighted by molar-refractivity contribution is 6.05. The van der Waals surface area contributed by atoms with Crippen molar-refractivity contribution < 1.29 is 33.7 Å². The maximum absolute atomic E-state index is 12.5. The van der Waals surface area contributed by atoms with E-state index in [-0.39, 0.29) is 5.97 Å². The normalized spacial score (nSPS) is 14.5. The van der Waals surface area contributed by atoms with Crippen LogP contribution in [0.4, 0.5) is 5.69 Å². The van der Waals surface area contributed by atoms with E-state index >= 15 is 0 Å². The Hall–Kier alpha value is -2.71. The number of carbonyl (C=O) groups excluding carboxylic acids is 2. The first kappa shape index (κ1) is 22.0. The number of ether oxygens (including phenoxy) is 3. The first-order chi connectivity index (χ1) is 14.6. The number of anilines is 1. The molecule has 0 unspecified atom stereocenters. The fraction of sp³-hybridized carbons (Fsp3) is 0.500. The van der Waals surface area contributed by atoms with Crippen molar-refractivity contribution in [3.63, 3.8) is 0 Å². The minimum absolute atomic E-state index is 0.291. The van der Waals surface area contributed by atoms with Crippen molar-refractivity contribution in [3.05, 3.63) is 35.5 Å². The van der Waals surface area contributed by atoms with E-state index < -0.39 is 5.97 Å². The predicted octanol–water partition coefficient (Wildman–Crippen LogP) is 0.724. The number of quaternary nitrogens is 1. The second-order valence-corrected chi connectivity index (χ2v) is 7.17. The highest BCUT2D eigenvalue weighted by Crippen LogP contribution is 2.26. The quantitative estimate of drug-likeness (QED) is 0.462. The summed E-state index contributed by atoms with van der Waals surface area (Å²) in [5.41, 5.74) is 2.35. The van der Waals surface area contributed by atoms with Gasteiger partial charge in [-0.05, 0) is 26.0 Å². The number of fused-ring (bicyclic) bond motifs is 1. The van der Waals surface area contributed by atoms with Gasteiger partial charge in [-0.25, -0.2) is 14.6 Å². The number of hydrogen-bond acceptors (Lipinski definition) is 6. The number of aromatic nitrogens is 1. The molecule has 3 rings (SSSR count). The van der Waals surface area contributed by atoms with Crippen LogP contribution in [0.3, 0.4) is 0 Å². The van der Waals surface area contributed by atoms with Crippen LogP contribution in [-0.4, -0.2) is 64.5 Å². The molecular weight excluding hydrogens is 386 g/mol. The van der Waals surface area contributed by atoms with Gasteiger partial charge in [-0.15, -0.1) is 0 Å². The number of aromatic amines is 1. The fourth-order valence-electron chi connectivity index (χ4n) is 3.61. The van der Waals surface area contributed by atoms with Crippen molar-refractivity contribution >= 4 is 28.5 Å². The number of H-pyrrole nitrogens is 1. The fourth-order valence-corrected chi connectivity index (χ4v) is 3.61. The molecule has 0 aliphatic carbocycles. The van der Waals surface area contributed by atoms with E-state index in [4.69, 9.17) is 14.2 Å². The first-order valence-corrected chi connectivity index (χ1v) is 10.6. The van der Waals surface area contributed by atoms with Crippen LogP contribution in [0.5, 0.6) is 0 Å². The highest BCUT2D eigenvalue weighted by Gasteiger charge is 2.22. The molecule has 162 valence electrons. The number of hydrogen-bond donors (Lipinski definition) is 2. The lowest BCUT2D eigenvalue weighted by Crippen LogP contribution is -3.14. The van der Waals surface area contributed by atoms with Crippen LogP contribution in [-0.2, 0) is 14.2 Å². The Labute approximate surface area is 176 Å². The Kier molecular flexibility index (Phi) is 7.98. The summed E-state index contributed by atoms with van der Waals surface area (Å²) in [5.74, 6) is -0.790. The van der Waals surface area contributed by atoms with Crippen LogP contribution < -0.4 is 15.2 Å². The zero-order chi connectivity index (χ0) is 21.3. The number of morpholine rings is 1. The number of pyridine rings is 1. The maximum atomic E-state index is 12.5. The second kappa shape index (κ2) is 10.9. The third kappa shape index (κ3) is 5.46. The zero-order valence-corrected chi connectivity index (χ0v) is 17.7. The molecule has 30 heavy (non-hydrogen) atoms. The van der Waals surface area contributed by atoms with E-state index in [0.717, 1.165) is 50.2 Å². The van der Waals surface area contributed by atoms with Gasteiger partial charge in [-0.3, -0.25) is 0 Å². The minimum atomic E-state index is -0.404. The molecule has 3 N–H and O–H groups in total. The molecule has 1 saturated heterocycles. The first-order valence-electron chi connectivity index (χ1n) is 10.6. The van der Waals surface area contributed by atoms with Crippen molar-refractivity contribution in [2.45, 2.75) is 20.3 Å². The summed E-state index contributed by atoms with van der Waals surface area (Å²) in [6, 6.07) is 5.29. The topological polar surface area (TPSA) is 92.4 Å². The summed E-state index contributed by atoms with van der Waals surface area (Å²) in [4.78, 5) is 29.4. The van der Waals surface area contributed by atoms with Crippen LogP contribution in [0.25, 0.3) is 10.9 Å². The van der Waals surface area contributed by atoms with E-state index in [1.807, 2.05) is 6.07 Å². The van der Waals surface area contributed by atoms with Crippen LogP contribution in [0.2, 0.25) is 0 Å². The Bertz CT molecular complexity index is 875. The van der Waals surface area contributed by atoms with E-state index in [0.29, 0.717) is 36.6 Å². The molecule has 0 saturated carbocycles. The zero-order valence-electron chi connectivity index (χ0n) is 17.7. The molecular formula is C22H31N3O5+2. The average Bonchev–Trinajstić information content (AvgIpc) is 2.77. The van der Waals surface area contributed by atoms with Gasteiger partial charge in [0, 0.05) is 19.0 Å². The van der Waals surface area contributed by atoms with Gasteiger partial charge in [-0.2, -0.15) is 0 Å². The van der Waals surface area contributed by atoms with Crippen molar-refractivity contribution in [1.29, 1.82) is 0 Å². The van der Waals surface area contributed by atoms with Gasteiger partial charge in [0.15, 0.2) is 6.20 Å². The predicted molar refractivity (Wildman–Crippen MR) is 112 cm³/mol. The molecule has 1 aromatic heterocycles. The van der Waals surface area contributed by atoms with Gasteiger partial charge in [-0.1, -0.05) is 0 Å². The largest absolute Gasteiger partial charge is 0.462 e. The number of esters is 2. The van der Waals surface area contributed by atoms with Crippen molar-refractivity contribution in [3.8, 4) is 0 Å². The van der Waals surface area contributed by atoms with Gasteiger partial charge < -0.3 is 24.4 Å². The molecule has 2 aromatic rings. The molecule has 0 amide bonds. The Balaban J connectivity index is 1.84. The number of rotatable bonds is 9. The van der Waals surface area contributed by atoms with Gasteiger partial charge in [0.25, 0.3) is 0 Å². The third-order valence-electron chi connectivity index (χ3n) is 5.15. The molecule has 0 radical (unpaired) electrons. The van der Waals surface area contributed by atoms with Gasteiger partial charge in [0.05, 0.1) is 49.6 Å². The molecule has 8 nitrogen and oxygen atoms in total. The van der Waals surface area contributed by atoms with Crippen LogP contribution >= 0.6 is 0 Å². The van der Waals surface area contributed by atoms with E-state index in [1.54, 1.807) is 32.2 Å². The summed E-state index contributed by atoms with van der Waals surface area (Å²) >= 11 is 0. The van der Waals surface area contributed by atoms with Crippen LogP contribution in [0.1, 0.15) is 41.0 Å². The van der Waals surface area contributed by atoms with Gasteiger partial charge >= 0.3 is 11.9 Å². The molecule has 8 heteroatoms. The summed E-state index contributed by atoms with van der Waals surface area (Å²) in [7, 11) is 0. The molecule has 0 spiro atoms. The lowest BCUT2D eigenvalue weighted by atomic mass is 10.1. The Morgan fingerprint density at radius 1 is 1.13 bits per heavy atom. The molecule has 2 heterocycles. The van der Waals surface area contributed by atoms with E-state index in [9.17, 15) is 9.59 Å². The number of carbonyl (C=O) groups is 2. The Morgan fingerprint density at radius 2 is 1.87 bits per heavy atom. The highest BCUT2D eigenvalue weighted by atomic mass is 16.5. The van der Waals surface area contributed by atoms with Crippen molar-refractivity contribution in [2.24, 2.45) is 0 Å². The smallest absolute Gasteiger partial charge is 0.346 e. The summed E-state index contributed by atoms with van der Waals surface area (Å²) in [6.45, 7) is 9.57. The van der Waals surface area contributed by atoms with Crippen molar-refractivity contribution in [1.82, 2.24) is 0 Å². The summed E-state index contributed by atoms with van der Waals surface area (Å²) in [5, 5.41) is 4.17. The van der Waals surface area contributed by atoms with Crippen LogP contribution in [0.15, 0.2) is 24.4 Å². The monoisotopic (exact) mass is 417 g/mol.